The van der Waals surface area contributed by atoms with E-state index in [2.05, 4.69) is 19.2 Å². The second-order valence-corrected chi connectivity index (χ2v) is 4.53. The van der Waals surface area contributed by atoms with Crippen molar-refractivity contribution in [2.75, 3.05) is 13.7 Å². The first kappa shape index (κ1) is 14.3. The molecule has 0 bridgehead atoms. The minimum absolute atomic E-state index is 0.401. The second kappa shape index (κ2) is 6.84. The molecule has 4 heteroatoms. The van der Waals surface area contributed by atoms with E-state index in [4.69, 9.17) is 16.3 Å². The fourth-order valence-corrected chi connectivity index (χ4v) is 1.73. The van der Waals surface area contributed by atoms with Gasteiger partial charge in [-0.2, -0.15) is 0 Å². The molecule has 0 aromatic heterocycles. The van der Waals surface area contributed by atoms with E-state index in [0.717, 1.165) is 12.0 Å². The smallest absolute Gasteiger partial charge is 0.137 e. The quantitative estimate of drug-likeness (QED) is 0.824. The van der Waals surface area contributed by atoms with Gasteiger partial charge in [-0.15, -0.1) is 0 Å². The van der Waals surface area contributed by atoms with Crippen molar-refractivity contribution < 1.29 is 9.84 Å². The van der Waals surface area contributed by atoms with Crippen molar-refractivity contribution in [2.45, 2.75) is 32.4 Å². The Morgan fingerprint density at radius 1 is 1.47 bits per heavy atom. The summed E-state index contributed by atoms with van der Waals surface area (Å²) in [4.78, 5) is 0. The molecule has 0 saturated heterocycles. The van der Waals surface area contributed by atoms with Gasteiger partial charge in [0, 0.05) is 12.6 Å². The van der Waals surface area contributed by atoms with Gasteiger partial charge in [-0.25, -0.2) is 0 Å². The van der Waals surface area contributed by atoms with Gasteiger partial charge in [0.05, 0.1) is 18.2 Å². The summed E-state index contributed by atoms with van der Waals surface area (Å²) in [5.74, 6) is 0.623. The van der Waals surface area contributed by atoms with E-state index in [-0.39, 0.29) is 0 Å². The molecule has 0 radical (unpaired) electrons. The summed E-state index contributed by atoms with van der Waals surface area (Å²) in [6.07, 6.45) is 0.489. The highest BCUT2D eigenvalue weighted by atomic mass is 35.5. The number of hydrogen-bond acceptors (Lipinski definition) is 3. The average Bonchev–Trinajstić information content (AvgIpc) is 2.35. The molecule has 96 valence electrons. The lowest BCUT2D eigenvalue weighted by Crippen LogP contribution is -2.29. The van der Waals surface area contributed by atoms with Gasteiger partial charge < -0.3 is 15.2 Å². The SMILES string of the molecule is CCC(C)NCC(O)c1ccc(OC)c(Cl)c1. The van der Waals surface area contributed by atoms with Crippen LogP contribution in [0.2, 0.25) is 5.02 Å². The molecular weight excluding hydrogens is 238 g/mol. The Balaban J connectivity index is 2.63. The van der Waals surface area contributed by atoms with Crippen LogP contribution in [0, 0.1) is 0 Å². The largest absolute Gasteiger partial charge is 0.495 e. The summed E-state index contributed by atoms with van der Waals surface area (Å²) in [6.45, 7) is 4.72. The standard InChI is InChI=1S/C13H20ClNO2/c1-4-9(2)15-8-12(16)10-5-6-13(17-3)11(14)7-10/h5-7,9,12,15-16H,4,8H2,1-3H3. The van der Waals surface area contributed by atoms with Gasteiger partial charge in [0.1, 0.15) is 5.75 Å². The van der Waals surface area contributed by atoms with Crippen LogP contribution in [0.25, 0.3) is 0 Å². The third kappa shape index (κ3) is 4.19. The van der Waals surface area contributed by atoms with Crippen molar-refractivity contribution in [3.63, 3.8) is 0 Å². The Morgan fingerprint density at radius 3 is 2.71 bits per heavy atom. The van der Waals surface area contributed by atoms with Crippen LogP contribution in [0.15, 0.2) is 18.2 Å². The van der Waals surface area contributed by atoms with Crippen molar-refractivity contribution in [1.82, 2.24) is 5.32 Å². The van der Waals surface area contributed by atoms with Crippen molar-refractivity contribution in [1.29, 1.82) is 0 Å². The highest BCUT2D eigenvalue weighted by molar-refractivity contribution is 6.32. The van der Waals surface area contributed by atoms with E-state index >= 15 is 0 Å². The molecule has 1 aromatic rings. The van der Waals surface area contributed by atoms with E-state index in [9.17, 15) is 5.11 Å². The highest BCUT2D eigenvalue weighted by Gasteiger charge is 2.11. The maximum Gasteiger partial charge on any atom is 0.137 e. The molecule has 0 heterocycles. The number of hydrogen-bond donors (Lipinski definition) is 2. The van der Waals surface area contributed by atoms with Crippen molar-refractivity contribution in [3.05, 3.63) is 28.8 Å². The maximum absolute atomic E-state index is 9.99. The molecule has 0 saturated carbocycles. The summed E-state index contributed by atoms with van der Waals surface area (Å²) in [5, 5.41) is 13.8. The monoisotopic (exact) mass is 257 g/mol. The van der Waals surface area contributed by atoms with Gasteiger partial charge in [-0.3, -0.25) is 0 Å². The lowest BCUT2D eigenvalue weighted by Gasteiger charge is -2.16. The lowest BCUT2D eigenvalue weighted by molar-refractivity contribution is 0.170. The van der Waals surface area contributed by atoms with E-state index in [1.54, 1.807) is 19.2 Å². The Hall–Kier alpha value is -0.770. The summed E-state index contributed by atoms with van der Waals surface area (Å²) in [6, 6.07) is 5.74. The fraction of sp³-hybridized carbons (Fsp3) is 0.538. The Bertz CT molecular complexity index is 357. The fourth-order valence-electron chi connectivity index (χ4n) is 1.46. The number of aliphatic hydroxyl groups excluding tert-OH is 1. The van der Waals surface area contributed by atoms with Crippen molar-refractivity contribution in [2.24, 2.45) is 0 Å². The topological polar surface area (TPSA) is 41.5 Å². The van der Waals surface area contributed by atoms with Crippen LogP contribution in [0.5, 0.6) is 5.75 Å². The zero-order valence-electron chi connectivity index (χ0n) is 10.5. The predicted molar refractivity (Wildman–Crippen MR) is 70.7 cm³/mol. The molecule has 2 N–H and O–H groups in total. The van der Waals surface area contributed by atoms with Crippen LogP contribution >= 0.6 is 11.6 Å². The molecule has 0 amide bonds. The molecule has 0 fully saturated rings. The third-order valence-corrected chi connectivity index (χ3v) is 3.13. The maximum atomic E-state index is 9.99. The first-order valence-corrected chi connectivity index (χ1v) is 6.21. The normalized spacial score (nSPS) is 14.4. The third-order valence-electron chi connectivity index (χ3n) is 2.83. The molecule has 0 spiro atoms. The number of ether oxygens (including phenoxy) is 1. The molecule has 1 rings (SSSR count). The minimum atomic E-state index is -0.549. The first-order chi connectivity index (χ1) is 8.08. The van der Waals surface area contributed by atoms with Crippen LogP contribution in [-0.2, 0) is 0 Å². The highest BCUT2D eigenvalue weighted by Crippen LogP contribution is 2.27. The molecule has 3 nitrogen and oxygen atoms in total. The van der Waals surface area contributed by atoms with Gasteiger partial charge in [-0.1, -0.05) is 24.6 Å². The molecule has 2 unspecified atom stereocenters. The van der Waals surface area contributed by atoms with E-state index in [1.807, 2.05) is 6.07 Å². The van der Waals surface area contributed by atoms with Gasteiger partial charge >= 0.3 is 0 Å². The number of rotatable bonds is 6. The van der Waals surface area contributed by atoms with Gasteiger partial charge in [-0.05, 0) is 31.0 Å². The lowest BCUT2D eigenvalue weighted by atomic mass is 10.1. The summed E-state index contributed by atoms with van der Waals surface area (Å²) < 4.78 is 5.07. The van der Waals surface area contributed by atoms with Gasteiger partial charge in [0.2, 0.25) is 0 Å². The number of nitrogens with one attached hydrogen (secondary N) is 1. The second-order valence-electron chi connectivity index (χ2n) is 4.13. The first-order valence-electron chi connectivity index (χ1n) is 5.83. The number of benzene rings is 1. The Labute approximate surface area is 108 Å². The average molecular weight is 258 g/mol. The van der Waals surface area contributed by atoms with Crippen LogP contribution in [0.3, 0.4) is 0 Å². The summed E-state index contributed by atoms with van der Waals surface area (Å²) in [5.41, 5.74) is 0.798. The molecule has 2 atom stereocenters. The Kier molecular flexibility index (Phi) is 5.75. The van der Waals surface area contributed by atoms with E-state index in [1.165, 1.54) is 0 Å². The molecule has 1 aromatic carbocycles. The number of methoxy groups -OCH3 is 1. The molecule has 17 heavy (non-hydrogen) atoms. The van der Waals surface area contributed by atoms with Crippen LogP contribution in [0.4, 0.5) is 0 Å². The number of aliphatic hydroxyl groups is 1. The number of halogens is 1. The van der Waals surface area contributed by atoms with E-state index < -0.39 is 6.10 Å². The van der Waals surface area contributed by atoms with Crippen LogP contribution in [0.1, 0.15) is 31.9 Å². The Morgan fingerprint density at radius 2 is 2.18 bits per heavy atom. The zero-order valence-corrected chi connectivity index (χ0v) is 11.3. The molecule has 0 aliphatic heterocycles. The summed E-state index contributed by atoms with van der Waals surface area (Å²) >= 11 is 6.01. The zero-order chi connectivity index (χ0) is 12.8. The molecular formula is C13H20ClNO2. The molecule has 0 aliphatic carbocycles. The van der Waals surface area contributed by atoms with Crippen molar-refractivity contribution in [3.8, 4) is 5.75 Å². The van der Waals surface area contributed by atoms with Crippen LogP contribution in [-0.4, -0.2) is 24.8 Å². The molecule has 0 aliphatic rings. The van der Waals surface area contributed by atoms with E-state index in [0.29, 0.717) is 23.4 Å². The predicted octanol–water partition coefficient (Wildman–Crippen LogP) is 2.77. The van der Waals surface area contributed by atoms with Gasteiger partial charge in [0.25, 0.3) is 0 Å². The summed E-state index contributed by atoms with van der Waals surface area (Å²) in [7, 11) is 1.57. The minimum Gasteiger partial charge on any atom is -0.495 e. The van der Waals surface area contributed by atoms with Crippen molar-refractivity contribution >= 4 is 11.6 Å². The van der Waals surface area contributed by atoms with Crippen LogP contribution < -0.4 is 10.1 Å². The van der Waals surface area contributed by atoms with Gasteiger partial charge in [0.15, 0.2) is 0 Å².